The van der Waals surface area contributed by atoms with E-state index in [1.165, 1.54) is 0 Å². The van der Waals surface area contributed by atoms with E-state index in [9.17, 15) is 0 Å². The average Bonchev–Trinajstić information content (AvgIpc) is 2.26. The lowest BCUT2D eigenvalue weighted by Gasteiger charge is -2.18. The summed E-state index contributed by atoms with van der Waals surface area (Å²) in [7, 11) is 0. The predicted octanol–water partition coefficient (Wildman–Crippen LogP) is 2.94. The van der Waals surface area contributed by atoms with Crippen molar-refractivity contribution in [2.24, 2.45) is 0 Å². The van der Waals surface area contributed by atoms with Crippen LogP contribution in [-0.2, 0) is 11.1 Å². The maximum Gasteiger partial charge on any atom is 0.355 e. The molecule has 1 heterocycles. The maximum absolute atomic E-state index is 6.32. The number of hydrogen-bond acceptors (Lipinski definition) is 0. The molecule has 1 rings (SSSR count). The Morgan fingerprint density at radius 3 is 1.86 bits per heavy atom. The van der Waals surface area contributed by atoms with Gasteiger partial charge in [-0.05, 0) is 41.5 Å². The molecule has 0 aromatic carbocycles. The van der Waals surface area contributed by atoms with E-state index in [0.717, 1.165) is 5.28 Å². The van der Waals surface area contributed by atoms with Gasteiger partial charge in [-0.15, -0.1) is 0 Å². The molecule has 0 saturated heterocycles. The van der Waals surface area contributed by atoms with Crippen molar-refractivity contribution in [3.05, 3.63) is 17.7 Å². The molecule has 0 bridgehead atoms. The van der Waals surface area contributed by atoms with Crippen molar-refractivity contribution in [2.75, 3.05) is 0 Å². The van der Waals surface area contributed by atoms with Crippen LogP contribution in [0.15, 0.2) is 12.4 Å². The largest absolute Gasteiger partial charge is 0.355 e. The summed E-state index contributed by atoms with van der Waals surface area (Å²) < 4.78 is 4.17. The third-order valence-corrected chi connectivity index (χ3v) is 2.57. The molecule has 0 unspecified atom stereocenters. The lowest BCUT2D eigenvalue weighted by Crippen LogP contribution is -2.50. The Labute approximate surface area is 91.5 Å². The molecule has 2 nitrogen and oxygen atoms in total. The molecule has 14 heavy (non-hydrogen) atoms. The minimum absolute atomic E-state index is 0.0353. The monoisotopic (exact) mass is 215 g/mol. The third-order valence-electron chi connectivity index (χ3n) is 2.21. The lowest BCUT2D eigenvalue weighted by molar-refractivity contribution is -0.751. The summed E-state index contributed by atoms with van der Waals surface area (Å²) >= 11 is 6.32. The van der Waals surface area contributed by atoms with Crippen LogP contribution in [0.1, 0.15) is 41.5 Å². The van der Waals surface area contributed by atoms with Gasteiger partial charge in [0.1, 0.15) is 23.5 Å². The average molecular weight is 216 g/mol. The van der Waals surface area contributed by atoms with Crippen LogP contribution in [0, 0.1) is 0 Å². The highest BCUT2D eigenvalue weighted by Gasteiger charge is 2.30. The molecule has 0 N–H and O–H groups in total. The number of aromatic nitrogens is 2. The summed E-state index contributed by atoms with van der Waals surface area (Å²) in [6.45, 7) is 12.9. The van der Waals surface area contributed by atoms with Gasteiger partial charge in [-0.2, -0.15) is 0 Å². The van der Waals surface area contributed by atoms with E-state index in [0.29, 0.717) is 0 Å². The normalized spacial score (nSPS) is 13.4. The van der Waals surface area contributed by atoms with Crippen molar-refractivity contribution >= 4 is 11.6 Å². The van der Waals surface area contributed by atoms with Crippen molar-refractivity contribution in [3.8, 4) is 0 Å². The Bertz CT molecular complexity index is 295. The van der Waals surface area contributed by atoms with Crippen molar-refractivity contribution in [3.63, 3.8) is 0 Å². The van der Waals surface area contributed by atoms with E-state index in [2.05, 4.69) is 50.7 Å². The molecule has 1 aromatic rings. The first kappa shape index (κ1) is 11.6. The van der Waals surface area contributed by atoms with E-state index in [-0.39, 0.29) is 11.1 Å². The summed E-state index contributed by atoms with van der Waals surface area (Å²) in [5.41, 5.74) is 0.0706. The van der Waals surface area contributed by atoms with E-state index >= 15 is 0 Å². The molecule has 0 aliphatic rings. The molecule has 0 saturated carbocycles. The Morgan fingerprint density at radius 1 is 1.14 bits per heavy atom. The SMILES string of the molecule is CC(C)(C)n1cc[n+](C(C)(C)C)c1Cl. The van der Waals surface area contributed by atoms with Gasteiger partial charge in [0.15, 0.2) is 0 Å². The Kier molecular flexibility index (Phi) is 2.70. The number of hydrogen-bond donors (Lipinski definition) is 0. The first-order valence-electron chi connectivity index (χ1n) is 4.93. The zero-order valence-corrected chi connectivity index (χ0v) is 10.7. The minimum atomic E-state index is 0.0353. The highest BCUT2D eigenvalue weighted by molar-refractivity contribution is 6.27. The topological polar surface area (TPSA) is 8.81 Å². The second-order valence-electron chi connectivity index (χ2n) is 5.65. The second kappa shape index (κ2) is 3.27. The fourth-order valence-corrected chi connectivity index (χ4v) is 1.99. The van der Waals surface area contributed by atoms with Gasteiger partial charge in [-0.1, -0.05) is 0 Å². The summed E-state index contributed by atoms with van der Waals surface area (Å²) in [6.07, 6.45) is 4.07. The zero-order valence-electron chi connectivity index (χ0n) is 9.93. The first-order chi connectivity index (χ1) is 6.14. The van der Waals surface area contributed by atoms with Crippen molar-refractivity contribution in [1.82, 2.24) is 4.57 Å². The fourth-order valence-electron chi connectivity index (χ4n) is 1.37. The summed E-state index contributed by atoms with van der Waals surface area (Å²) in [6, 6.07) is 0. The van der Waals surface area contributed by atoms with Gasteiger partial charge in [-0.25, -0.2) is 9.13 Å². The molecule has 0 fully saturated rings. The highest BCUT2D eigenvalue weighted by Crippen LogP contribution is 2.20. The van der Waals surface area contributed by atoms with Crippen molar-refractivity contribution < 1.29 is 4.57 Å². The van der Waals surface area contributed by atoms with Crippen LogP contribution in [0.4, 0.5) is 0 Å². The number of nitrogens with zero attached hydrogens (tertiary/aromatic N) is 2. The van der Waals surface area contributed by atoms with Crippen molar-refractivity contribution in [1.29, 1.82) is 0 Å². The van der Waals surface area contributed by atoms with E-state index in [4.69, 9.17) is 11.6 Å². The molecule has 0 atom stereocenters. The number of rotatable bonds is 0. The van der Waals surface area contributed by atoms with Crippen LogP contribution in [0.2, 0.25) is 5.28 Å². The predicted molar refractivity (Wildman–Crippen MR) is 59.6 cm³/mol. The quantitative estimate of drug-likeness (QED) is 0.589. The van der Waals surface area contributed by atoms with Crippen LogP contribution in [0.3, 0.4) is 0 Å². The molecule has 1 aromatic heterocycles. The molecular weight excluding hydrogens is 196 g/mol. The molecular formula is C11H20ClN2+. The molecule has 0 aliphatic heterocycles. The van der Waals surface area contributed by atoms with Gasteiger partial charge in [0.2, 0.25) is 0 Å². The molecule has 0 radical (unpaired) electrons. The number of halogens is 1. The Morgan fingerprint density at radius 2 is 1.64 bits per heavy atom. The highest BCUT2D eigenvalue weighted by atomic mass is 35.5. The van der Waals surface area contributed by atoms with Gasteiger partial charge in [0, 0.05) is 11.6 Å². The Balaban J connectivity index is 3.23. The van der Waals surface area contributed by atoms with Crippen molar-refractivity contribution in [2.45, 2.75) is 52.6 Å². The van der Waals surface area contributed by atoms with Gasteiger partial charge in [0.25, 0.3) is 0 Å². The zero-order chi connectivity index (χ0) is 11.1. The molecule has 0 amide bonds. The van der Waals surface area contributed by atoms with Gasteiger partial charge in [-0.3, -0.25) is 0 Å². The molecule has 0 aliphatic carbocycles. The van der Waals surface area contributed by atoms with Gasteiger partial charge in [0.05, 0.1) is 0 Å². The fraction of sp³-hybridized carbons (Fsp3) is 0.727. The molecule has 80 valence electrons. The van der Waals surface area contributed by atoms with E-state index in [1.54, 1.807) is 0 Å². The van der Waals surface area contributed by atoms with Crippen LogP contribution in [0.5, 0.6) is 0 Å². The number of imidazole rings is 1. The smallest absolute Gasteiger partial charge is 0.215 e. The molecule has 0 spiro atoms. The summed E-state index contributed by atoms with van der Waals surface area (Å²) in [5.74, 6) is 0. The standard InChI is InChI=1S/C11H20ClN2/c1-10(2,3)13-7-8-14(9(13)12)11(4,5)6/h7-8H,1-6H3/q+1. The molecule has 3 heteroatoms. The summed E-state index contributed by atoms with van der Waals surface area (Å²) in [5, 5.41) is 0.782. The summed E-state index contributed by atoms with van der Waals surface area (Å²) in [4.78, 5) is 0. The first-order valence-corrected chi connectivity index (χ1v) is 5.31. The third kappa shape index (κ3) is 2.11. The van der Waals surface area contributed by atoms with E-state index in [1.807, 2.05) is 12.4 Å². The van der Waals surface area contributed by atoms with E-state index < -0.39 is 0 Å². The maximum atomic E-state index is 6.32. The lowest BCUT2D eigenvalue weighted by atomic mass is 10.1. The van der Waals surface area contributed by atoms with Gasteiger partial charge < -0.3 is 0 Å². The van der Waals surface area contributed by atoms with Crippen LogP contribution in [-0.4, -0.2) is 4.57 Å². The van der Waals surface area contributed by atoms with Crippen LogP contribution >= 0.6 is 11.6 Å². The second-order valence-corrected chi connectivity index (χ2v) is 5.99. The van der Waals surface area contributed by atoms with Crippen LogP contribution < -0.4 is 4.57 Å². The minimum Gasteiger partial charge on any atom is -0.215 e. The van der Waals surface area contributed by atoms with Crippen LogP contribution in [0.25, 0.3) is 0 Å². The Hall–Kier alpha value is -0.500. The van der Waals surface area contributed by atoms with Gasteiger partial charge >= 0.3 is 5.28 Å².